The molecule has 1 aromatic heterocycles. The molecule has 1 rings (SSSR count). The molecule has 0 aliphatic carbocycles. The normalized spacial score (nSPS) is 11.9. The zero-order valence-corrected chi connectivity index (χ0v) is 12.6. The van der Waals surface area contributed by atoms with Gasteiger partial charge in [-0.1, -0.05) is 13.8 Å². The largest absolute Gasteiger partial charge is 0.474 e. The molecule has 0 bridgehead atoms. The maximum absolute atomic E-state index is 5.57. The van der Waals surface area contributed by atoms with Gasteiger partial charge in [0, 0.05) is 18.8 Å². The lowest BCUT2D eigenvalue weighted by molar-refractivity contribution is -0.0168. The summed E-state index contributed by atoms with van der Waals surface area (Å²) >= 11 is 0. The first kappa shape index (κ1) is 15.9. The minimum absolute atomic E-state index is 0.141. The zero-order chi connectivity index (χ0) is 14.3. The van der Waals surface area contributed by atoms with Crippen LogP contribution in [0.15, 0.2) is 12.4 Å². The molecule has 1 heterocycles. The third-order valence-electron chi connectivity index (χ3n) is 2.22. The summed E-state index contributed by atoms with van der Waals surface area (Å²) in [7, 11) is 0. The van der Waals surface area contributed by atoms with Crippen LogP contribution < -0.4 is 10.1 Å². The Bertz CT molecular complexity index is 375. The van der Waals surface area contributed by atoms with Gasteiger partial charge in [0.25, 0.3) is 0 Å². The number of hydrogen-bond donors (Lipinski definition) is 1. The van der Waals surface area contributed by atoms with Gasteiger partial charge in [-0.3, -0.25) is 4.98 Å². The van der Waals surface area contributed by atoms with Crippen LogP contribution in [0.5, 0.6) is 5.88 Å². The monoisotopic (exact) mass is 267 g/mol. The molecule has 0 spiro atoms. The Morgan fingerprint density at radius 3 is 2.58 bits per heavy atom. The zero-order valence-electron chi connectivity index (χ0n) is 12.6. The number of nitrogens with zero attached hydrogens (tertiary/aromatic N) is 2. The first-order valence-corrected chi connectivity index (χ1v) is 6.68. The lowest BCUT2D eigenvalue weighted by Crippen LogP contribution is -2.23. The van der Waals surface area contributed by atoms with Crippen molar-refractivity contribution in [2.45, 2.75) is 52.8 Å². The second kappa shape index (κ2) is 7.40. The Kier molecular flexibility index (Phi) is 6.18. The Hall–Kier alpha value is -1.20. The highest BCUT2D eigenvalue weighted by molar-refractivity contribution is 5.08. The molecule has 0 aliphatic rings. The molecule has 0 saturated carbocycles. The highest BCUT2D eigenvalue weighted by atomic mass is 16.5. The topological polar surface area (TPSA) is 56.3 Å². The Labute approximate surface area is 115 Å². The van der Waals surface area contributed by atoms with Gasteiger partial charge in [0.05, 0.1) is 24.1 Å². The summed E-state index contributed by atoms with van der Waals surface area (Å²) in [5.74, 6) is 0.542. The van der Waals surface area contributed by atoms with E-state index in [1.54, 1.807) is 12.4 Å². The molecule has 0 aromatic carbocycles. The van der Waals surface area contributed by atoms with E-state index in [9.17, 15) is 0 Å². The summed E-state index contributed by atoms with van der Waals surface area (Å²) < 4.78 is 11.1. The fourth-order valence-electron chi connectivity index (χ4n) is 1.34. The molecule has 0 unspecified atom stereocenters. The molecular formula is C14H25N3O2. The molecule has 5 nitrogen and oxygen atoms in total. The predicted octanol–water partition coefficient (Wildman–Crippen LogP) is 2.17. The van der Waals surface area contributed by atoms with Crippen LogP contribution in [0.25, 0.3) is 0 Å². The second-order valence-electron chi connectivity index (χ2n) is 5.69. The highest BCUT2D eigenvalue weighted by Crippen LogP contribution is 2.08. The molecule has 108 valence electrons. The molecule has 1 N–H and O–H groups in total. The van der Waals surface area contributed by atoms with E-state index < -0.39 is 0 Å². The summed E-state index contributed by atoms with van der Waals surface area (Å²) in [5, 5.41) is 3.29. The van der Waals surface area contributed by atoms with Crippen molar-refractivity contribution >= 4 is 0 Å². The number of ether oxygens (including phenoxy) is 2. The van der Waals surface area contributed by atoms with Gasteiger partial charge in [-0.2, -0.15) is 0 Å². The van der Waals surface area contributed by atoms with E-state index in [1.807, 2.05) is 20.8 Å². The van der Waals surface area contributed by atoms with Gasteiger partial charge in [0.1, 0.15) is 6.61 Å². The lowest BCUT2D eigenvalue weighted by atomic mass is 10.2. The van der Waals surface area contributed by atoms with Crippen LogP contribution in [0.2, 0.25) is 0 Å². The van der Waals surface area contributed by atoms with E-state index in [2.05, 4.69) is 29.1 Å². The molecular weight excluding hydrogens is 242 g/mol. The first-order valence-electron chi connectivity index (χ1n) is 6.68. The number of aromatic nitrogens is 2. The van der Waals surface area contributed by atoms with Crippen molar-refractivity contribution in [3.8, 4) is 5.88 Å². The summed E-state index contributed by atoms with van der Waals surface area (Å²) in [6.07, 6.45) is 3.36. The van der Waals surface area contributed by atoms with Gasteiger partial charge >= 0.3 is 0 Å². The summed E-state index contributed by atoms with van der Waals surface area (Å²) in [6, 6.07) is 0.423. The Balaban J connectivity index is 2.35. The molecule has 5 heteroatoms. The summed E-state index contributed by atoms with van der Waals surface area (Å²) in [5.41, 5.74) is 0.737. The van der Waals surface area contributed by atoms with Crippen molar-refractivity contribution in [1.29, 1.82) is 0 Å². The van der Waals surface area contributed by atoms with E-state index in [-0.39, 0.29) is 5.60 Å². The minimum atomic E-state index is -0.141. The predicted molar refractivity (Wildman–Crippen MR) is 75.2 cm³/mol. The quantitative estimate of drug-likeness (QED) is 0.767. The maximum Gasteiger partial charge on any atom is 0.232 e. The molecule has 0 radical (unpaired) electrons. The molecule has 0 aliphatic heterocycles. The molecule has 0 saturated heterocycles. The van der Waals surface area contributed by atoms with Gasteiger partial charge in [0.2, 0.25) is 5.88 Å². The molecule has 0 atom stereocenters. The van der Waals surface area contributed by atoms with E-state index >= 15 is 0 Å². The fraction of sp³-hybridized carbons (Fsp3) is 0.714. The second-order valence-corrected chi connectivity index (χ2v) is 5.69. The van der Waals surface area contributed by atoms with Gasteiger partial charge < -0.3 is 14.8 Å². The van der Waals surface area contributed by atoms with Gasteiger partial charge in [-0.15, -0.1) is 0 Å². The summed E-state index contributed by atoms with van der Waals surface area (Å²) in [6.45, 7) is 12.0. The molecule has 0 amide bonds. The minimum Gasteiger partial charge on any atom is -0.474 e. The van der Waals surface area contributed by atoms with Crippen LogP contribution in [0, 0.1) is 0 Å². The Morgan fingerprint density at radius 2 is 1.95 bits per heavy atom. The molecule has 19 heavy (non-hydrogen) atoms. The van der Waals surface area contributed by atoms with Crippen molar-refractivity contribution in [3.05, 3.63) is 18.1 Å². The molecule has 0 fully saturated rings. The maximum atomic E-state index is 5.57. The van der Waals surface area contributed by atoms with Crippen molar-refractivity contribution in [3.63, 3.8) is 0 Å². The lowest BCUT2D eigenvalue weighted by Gasteiger charge is -2.19. The van der Waals surface area contributed by atoms with Gasteiger partial charge in [0.15, 0.2) is 0 Å². The average Bonchev–Trinajstić information content (AvgIpc) is 2.32. The standard InChI is InChI=1S/C14H25N3O2/c1-11(2)16-9-12-8-15-10-13(17-12)18-6-7-19-14(3,4)5/h8,10-11,16H,6-7,9H2,1-5H3. The third-order valence-corrected chi connectivity index (χ3v) is 2.22. The first-order chi connectivity index (χ1) is 8.87. The van der Waals surface area contributed by atoms with Crippen molar-refractivity contribution in [2.75, 3.05) is 13.2 Å². The van der Waals surface area contributed by atoms with Crippen LogP contribution in [0.3, 0.4) is 0 Å². The smallest absolute Gasteiger partial charge is 0.232 e. The van der Waals surface area contributed by atoms with Crippen LogP contribution in [-0.4, -0.2) is 34.8 Å². The summed E-state index contributed by atoms with van der Waals surface area (Å²) in [4.78, 5) is 8.50. The molecule has 1 aromatic rings. The van der Waals surface area contributed by atoms with Crippen molar-refractivity contribution in [2.24, 2.45) is 0 Å². The number of nitrogens with one attached hydrogen (secondary N) is 1. The van der Waals surface area contributed by atoms with Crippen molar-refractivity contribution in [1.82, 2.24) is 15.3 Å². The van der Waals surface area contributed by atoms with E-state index in [4.69, 9.17) is 9.47 Å². The average molecular weight is 267 g/mol. The SMILES string of the molecule is CC(C)NCc1cncc(OCCOC(C)(C)C)n1. The number of hydrogen-bond acceptors (Lipinski definition) is 5. The van der Waals surface area contributed by atoms with Crippen LogP contribution in [0.4, 0.5) is 0 Å². The van der Waals surface area contributed by atoms with E-state index in [0.29, 0.717) is 31.7 Å². The van der Waals surface area contributed by atoms with Crippen LogP contribution in [0.1, 0.15) is 40.3 Å². The Morgan fingerprint density at radius 1 is 1.21 bits per heavy atom. The highest BCUT2D eigenvalue weighted by Gasteiger charge is 2.09. The van der Waals surface area contributed by atoms with Crippen LogP contribution in [-0.2, 0) is 11.3 Å². The van der Waals surface area contributed by atoms with E-state index in [1.165, 1.54) is 0 Å². The van der Waals surface area contributed by atoms with E-state index in [0.717, 1.165) is 5.69 Å². The van der Waals surface area contributed by atoms with Gasteiger partial charge in [-0.05, 0) is 20.8 Å². The number of rotatable bonds is 7. The van der Waals surface area contributed by atoms with Crippen molar-refractivity contribution < 1.29 is 9.47 Å². The van der Waals surface area contributed by atoms with Gasteiger partial charge in [-0.25, -0.2) is 4.98 Å². The third kappa shape index (κ3) is 7.74. The fourth-order valence-corrected chi connectivity index (χ4v) is 1.34. The van der Waals surface area contributed by atoms with Crippen LogP contribution >= 0.6 is 0 Å².